The Morgan fingerprint density at radius 3 is 2.44 bits per heavy atom. The summed E-state index contributed by atoms with van der Waals surface area (Å²) in [5, 5.41) is 2.93. The minimum atomic E-state index is -1.05. The Morgan fingerprint density at radius 1 is 1.00 bits per heavy atom. The van der Waals surface area contributed by atoms with Gasteiger partial charge in [-0.25, -0.2) is 4.98 Å². The third-order valence-corrected chi connectivity index (χ3v) is 5.40. The number of halogens is 1. The molecule has 4 rings (SSSR count). The van der Waals surface area contributed by atoms with Crippen LogP contribution in [0.15, 0.2) is 90.2 Å². The van der Waals surface area contributed by atoms with Crippen LogP contribution in [0.3, 0.4) is 0 Å². The highest BCUT2D eigenvalue weighted by Gasteiger charge is 2.33. The quantitative estimate of drug-likeness (QED) is 0.369. The van der Waals surface area contributed by atoms with E-state index in [4.69, 9.17) is 16.0 Å². The van der Waals surface area contributed by atoms with Gasteiger partial charge in [0.25, 0.3) is 0 Å². The molecular formula is C25H22ClN5O3. The second kappa shape index (κ2) is 11.2. The molecule has 0 aliphatic rings. The normalized spacial score (nSPS) is 11.6. The van der Waals surface area contributed by atoms with Crippen molar-refractivity contribution < 1.29 is 14.0 Å². The van der Waals surface area contributed by atoms with E-state index in [9.17, 15) is 9.59 Å². The van der Waals surface area contributed by atoms with Gasteiger partial charge >= 0.3 is 0 Å². The van der Waals surface area contributed by atoms with Crippen LogP contribution in [-0.4, -0.2) is 39.2 Å². The lowest BCUT2D eigenvalue weighted by Gasteiger charge is -2.30. The molecular weight excluding hydrogens is 454 g/mol. The molecule has 34 heavy (non-hydrogen) atoms. The predicted octanol–water partition coefficient (Wildman–Crippen LogP) is 3.80. The van der Waals surface area contributed by atoms with E-state index in [1.807, 2.05) is 30.3 Å². The van der Waals surface area contributed by atoms with Gasteiger partial charge < -0.3 is 9.73 Å². The van der Waals surface area contributed by atoms with Crippen LogP contribution < -0.4 is 10.2 Å². The second-order valence-electron chi connectivity index (χ2n) is 7.37. The first-order valence-corrected chi connectivity index (χ1v) is 11.2. The van der Waals surface area contributed by atoms with Crippen molar-refractivity contribution in [2.45, 2.75) is 12.5 Å². The molecule has 172 valence electrons. The Morgan fingerprint density at radius 2 is 1.79 bits per heavy atom. The van der Waals surface area contributed by atoms with E-state index in [0.29, 0.717) is 30.1 Å². The van der Waals surface area contributed by atoms with Gasteiger partial charge in [0.15, 0.2) is 18.2 Å². The molecule has 2 amide bonds. The number of anilines is 1. The molecule has 0 spiro atoms. The minimum absolute atomic E-state index is 0.308. The fraction of sp³-hybridized carbons (Fsp3) is 0.160. The first kappa shape index (κ1) is 23.1. The maximum atomic E-state index is 13.4. The van der Waals surface area contributed by atoms with Crippen molar-refractivity contribution in [2.24, 2.45) is 0 Å². The molecule has 2 aromatic carbocycles. The number of benzene rings is 2. The van der Waals surface area contributed by atoms with Gasteiger partial charge in [-0.15, -0.1) is 11.6 Å². The number of hydrogen-bond donors (Lipinski definition) is 1. The molecule has 0 radical (unpaired) electrons. The fourth-order valence-corrected chi connectivity index (χ4v) is 3.68. The highest BCUT2D eigenvalue weighted by molar-refractivity contribution is 6.29. The molecule has 0 saturated carbocycles. The molecule has 0 fully saturated rings. The van der Waals surface area contributed by atoms with Crippen molar-refractivity contribution in [3.8, 4) is 11.3 Å². The summed E-state index contributed by atoms with van der Waals surface area (Å²) in [5.41, 5.74) is 2.69. The first-order valence-electron chi connectivity index (χ1n) is 10.6. The van der Waals surface area contributed by atoms with Crippen molar-refractivity contribution in [3.63, 3.8) is 0 Å². The van der Waals surface area contributed by atoms with Gasteiger partial charge in [-0.1, -0.05) is 30.3 Å². The van der Waals surface area contributed by atoms with Crippen molar-refractivity contribution >= 4 is 29.1 Å². The molecule has 0 saturated heterocycles. The molecule has 1 unspecified atom stereocenters. The van der Waals surface area contributed by atoms with Crippen LogP contribution in [0.25, 0.3) is 11.3 Å². The van der Waals surface area contributed by atoms with E-state index in [2.05, 4.69) is 20.3 Å². The maximum Gasteiger partial charge on any atom is 0.249 e. The van der Waals surface area contributed by atoms with E-state index in [-0.39, 0.29) is 11.8 Å². The van der Waals surface area contributed by atoms with Crippen molar-refractivity contribution in [1.29, 1.82) is 0 Å². The van der Waals surface area contributed by atoms with Crippen LogP contribution >= 0.6 is 11.6 Å². The summed E-state index contributed by atoms with van der Waals surface area (Å²) in [7, 11) is 0. The number of nitrogens with zero attached hydrogens (tertiary/aromatic N) is 4. The molecule has 2 heterocycles. The van der Waals surface area contributed by atoms with Crippen molar-refractivity contribution in [3.05, 3.63) is 97.0 Å². The average Bonchev–Trinajstić information content (AvgIpc) is 3.43. The highest BCUT2D eigenvalue weighted by atomic mass is 35.5. The van der Waals surface area contributed by atoms with Gasteiger partial charge in [-0.3, -0.25) is 24.5 Å². The fourth-order valence-electron chi connectivity index (χ4n) is 3.55. The summed E-state index contributed by atoms with van der Waals surface area (Å²) in [5.74, 6) is -0.541. The second-order valence-corrected chi connectivity index (χ2v) is 7.64. The number of nitrogens with one attached hydrogen (secondary N) is 1. The zero-order valence-electron chi connectivity index (χ0n) is 18.2. The van der Waals surface area contributed by atoms with Crippen LogP contribution in [0, 0.1) is 0 Å². The lowest BCUT2D eigenvalue weighted by Crippen LogP contribution is -2.45. The van der Waals surface area contributed by atoms with Crippen molar-refractivity contribution in [1.82, 2.24) is 20.3 Å². The van der Waals surface area contributed by atoms with E-state index in [0.717, 1.165) is 11.1 Å². The number of carbonyl (C=O) groups excluding carboxylic acids is 2. The molecule has 4 aromatic rings. The lowest BCUT2D eigenvalue weighted by atomic mass is 10.1. The van der Waals surface area contributed by atoms with Gasteiger partial charge in [0.05, 0.1) is 18.1 Å². The van der Waals surface area contributed by atoms with Crippen LogP contribution in [0.2, 0.25) is 0 Å². The number of oxazole rings is 1. The lowest BCUT2D eigenvalue weighted by molar-refractivity contribution is -0.126. The predicted molar refractivity (Wildman–Crippen MR) is 128 cm³/mol. The molecule has 8 nitrogen and oxygen atoms in total. The first-order chi connectivity index (χ1) is 16.7. The number of carbonyl (C=O) groups is 2. The van der Waals surface area contributed by atoms with Crippen LogP contribution in [0.5, 0.6) is 0 Å². The Bertz CT molecular complexity index is 1200. The summed E-state index contributed by atoms with van der Waals surface area (Å²) in [6, 6.07) is 15.8. The number of hydrogen-bond acceptors (Lipinski definition) is 6. The Balaban J connectivity index is 1.62. The monoisotopic (exact) mass is 475 g/mol. The zero-order valence-corrected chi connectivity index (χ0v) is 18.9. The third kappa shape index (κ3) is 5.47. The largest absolute Gasteiger partial charge is 0.444 e. The van der Waals surface area contributed by atoms with Gasteiger partial charge in [0.1, 0.15) is 5.88 Å². The van der Waals surface area contributed by atoms with Gasteiger partial charge in [-0.2, -0.15) is 0 Å². The van der Waals surface area contributed by atoms with E-state index in [1.165, 1.54) is 29.9 Å². The highest BCUT2D eigenvalue weighted by Crippen LogP contribution is 2.29. The summed E-state index contributed by atoms with van der Waals surface area (Å²) < 4.78 is 5.33. The van der Waals surface area contributed by atoms with Crippen molar-refractivity contribution in [2.75, 3.05) is 17.3 Å². The molecule has 0 aliphatic heterocycles. The maximum absolute atomic E-state index is 13.4. The minimum Gasteiger partial charge on any atom is -0.444 e. The van der Waals surface area contributed by atoms with Crippen LogP contribution in [0.4, 0.5) is 5.69 Å². The smallest absolute Gasteiger partial charge is 0.249 e. The third-order valence-electron chi connectivity index (χ3n) is 5.17. The molecule has 2 aromatic heterocycles. The standard InChI is InChI=1S/C25H22ClN5O3/c26-14-23(32)31(20-8-6-19(7-9-20)22-16-28-17-34-22)24(21-15-27-12-13-29-21)25(33)30-11-10-18-4-2-1-3-5-18/h1-9,12-13,15-17,24H,10-11,14H2,(H,30,33). The van der Waals surface area contributed by atoms with Crippen LogP contribution in [0.1, 0.15) is 17.3 Å². The molecule has 1 atom stereocenters. The number of amides is 2. The number of alkyl halides is 1. The summed E-state index contributed by atoms with van der Waals surface area (Å²) in [6.45, 7) is 0.396. The van der Waals surface area contributed by atoms with Crippen LogP contribution in [-0.2, 0) is 16.0 Å². The Kier molecular flexibility index (Phi) is 7.62. The van der Waals surface area contributed by atoms with Gasteiger partial charge in [-0.05, 0) is 36.2 Å². The number of rotatable bonds is 9. The van der Waals surface area contributed by atoms with E-state index < -0.39 is 11.9 Å². The molecule has 1 N–H and O–H groups in total. The molecule has 9 heteroatoms. The number of aromatic nitrogens is 3. The molecule has 0 bridgehead atoms. The summed E-state index contributed by atoms with van der Waals surface area (Å²) in [4.78, 5) is 40.0. The van der Waals surface area contributed by atoms with Gasteiger partial charge in [0, 0.05) is 30.2 Å². The SMILES string of the molecule is O=C(NCCc1ccccc1)C(c1cnccn1)N(C(=O)CCl)c1ccc(-c2cnco2)cc1. The Labute approximate surface area is 201 Å². The van der Waals surface area contributed by atoms with E-state index >= 15 is 0 Å². The summed E-state index contributed by atoms with van der Waals surface area (Å²) in [6.07, 6.45) is 8.05. The Hall–Kier alpha value is -4.04. The summed E-state index contributed by atoms with van der Waals surface area (Å²) >= 11 is 5.95. The van der Waals surface area contributed by atoms with Gasteiger partial charge in [0.2, 0.25) is 11.8 Å². The van der Waals surface area contributed by atoms with E-state index in [1.54, 1.807) is 30.5 Å². The zero-order chi connectivity index (χ0) is 23.8. The average molecular weight is 476 g/mol. The molecule has 0 aliphatic carbocycles. The topological polar surface area (TPSA) is 101 Å².